The summed E-state index contributed by atoms with van der Waals surface area (Å²) in [6.07, 6.45) is 5.88. The van der Waals surface area contributed by atoms with Crippen molar-refractivity contribution in [2.24, 2.45) is 0 Å². The standard InChI is InChI=1S/C11H16N2O4/c14-10(15)7-16-6-9-12-13-11(17-9)8-4-2-1-3-5-8/h8H,1-7H2,(H,14,15). The van der Waals surface area contributed by atoms with E-state index in [9.17, 15) is 4.79 Å². The van der Waals surface area contributed by atoms with Crippen LogP contribution in [-0.4, -0.2) is 27.9 Å². The highest BCUT2D eigenvalue weighted by molar-refractivity contribution is 5.67. The Morgan fingerprint density at radius 3 is 2.82 bits per heavy atom. The van der Waals surface area contributed by atoms with E-state index in [0.717, 1.165) is 12.8 Å². The van der Waals surface area contributed by atoms with E-state index in [2.05, 4.69) is 10.2 Å². The van der Waals surface area contributed by atoms with E-state index in [-0.39, 0.29) is 13.2 Å². The van der Waals surface area contributed by atoms with Gasteiger partial charge in [-0.15, -0.1) is 10.2 Å². The number of carbonyl (C=O) groups is 1. The van der Waals surface area contributed by atoms with Gasteiger partial charge in [0.15, 0.2) is 0 Å². The largest absolute Gasteiger partial charge is 0.480 e. The summed E-state index contributed by atoms with van der Waals surface area (Å²) in [5, 5.41) is 16.3. The first-order valence-electron chi connectivity index (χ1n) is 5.87. The predicted octanol–water partition coefficient (Wildman–Crippen LogP) is 1.72. The van der Waals surface area contributed by atoms with Crippen molar-refractivity contribution in [3.8, 4) is 0 Å². The molecule has 0 radical (unpaired) electrons. The molecule has 0 spiro atoms. The maximum Gasteiger partial charge on any atom is 0.329 e. The Bertz CT molecular complexity index is 371. The highest BCUT2D eigenvalue weighted by atomic mass is 16.5. The molecule has 6 heteroatoms. The van der Waals surface area contributed by atoms with Crippen molar-refractivity contribution >= 4 is 5.97 Å². The van der Waals surface area contributed by atoms with Crippen molar-refractivity contribution in [2.45, 2.75) is 44.6 Å². The zero-order valence-electron chi connectivity index (χ0n) is 9.59. The van der Waals surface area contributed by atoms with Gasteiger partial charge >= 0.3 is 5.97 Å². The van der Waals surface area contributed by atoms with Gasteiger partial charge in [-0.1, -0.05) is 19.3 Å². The molecule has 1 fully saturated rings. The molecule has 1 aromatic rings. The van der Waals surface area contributed by atoms with Crippen LogP contribution in [0.15, 0.2) is 4.42 Å². The molecule has 17 heavy (non-hydrogen) atoms. The number of hydrogen-bond acceptors (Lipinski definition) is 5. The van der Waals surface area contributed by atoms with Crippen LogP contribution in [0.5, 0.6) is 0 Å². The molecule has 94 valence electrons. The summed E-state index contributed by atoms with van der Waals surface area (Å²) in [6.45, 7) is -0.285. The second-order valence-electron chi connectivity index (χ2n) is 4.26. The zero-order chi connectivity index (χ0) is 12.1. The molecular weight excluding hydrogens is 224 g/mol. The van der Waals surface area contributed by atoms with Crippen LogP contribution >= 0.6 is 0 Å². The predicted molar refractivity (Wildman–Crippen MR) is 57.4 cm³/mol. The molecule has 1 N–H and O–H groups in total. The number of carboxylic acid groups (broad SMARTS) is 1. The van der Waals surface area contributed by atoms with Gasteiger partial charge in [-0.3, -0.25) is 0 Å². The fourth-order valence-corrected chi connectivity index (χ4v) is 2.07. The van der Waals surface area contributed by atoms with Gasteiger partial charge in [0.2, 0.25) is 11.8 Å². The molecule has 0 unspecified atom stereocenters. The van der Waals surface area contributed by atoms with Crippen LogP contribution < -0.4 is 0 Å². The van der Waals surface area contributed by atoms with Gasteiger partial charge in [0.1, 0.15) is 13.2 Å². The molecule has 0 aliphatic heterocycles. The van der Waals surface area contributed by atoms with Gasteiger partial charge in [0.25, 0.3) is 0 Å². The maximum absolute atomic E-state index is 10.3. The van der Waals surface area contributed by atoms with Gasteiger partial charge in [0.05, 0.1) is 0 Å². The summed E-state index contributed by atoms with van der Waals surface area (Å²) >= 11 is 0. The topological polar surface area (TPSA) is 85.5 Å². The lowest BCUT2D eigenvalue weighted by Gasteiger charge is -2.17. The fourth-order valence-electron chi connectivity index (χ4n) is 2.07. The normalized spacial score (nSPS) is 17.2. The Morgan fingerprint density at radius 1 is 1.35 bits per heavy atom. The number of aromatic nitrogens is 2. The minimum atomic E-state index is -1.00. The van der Waals surface area contributed by atoms with Crippen LogP contribution in [0.4, 0.5) is 0 Å². The average molecular weight is 240 g/mol. The summed E-state index contributed by atoms with van der Waals surface area (Å²) in [7, 11) is 0. The summed E-state index contributed by atoms with van der Waals surface area (Å²) in [5.41, 5.74) is 0. The van der Waals surface area contributed by atoms with Crippen LogP contribution in [-0.2, 0) is 16.1 Å². The number of hydrogen-bond donors (Lipinski definition) is 1. The Balaban J connectivity index is 1.84. The van der Waals surface area contributed by atoms with Crippen LogP contribution in [0.3, 0.4) is 0 Å². The molecule has 0 amide bonds. The van der Waals surface area contributed by atoms with Crippen LogP contribution in [0.25, 0.3) is 0 Å². The summed E-state index contributed by atoms with van der Waals surface area (Å²) in [6, 6.07) is 0. The number of nitrogens with zero attached hydrogens (tertiary/aromatic N) is 2. The highest BCUT2D eigenvalue weighted by Gasteiger charge is 2.21. The van der Waals surface area contributed by atoms with E-state index in [1.54, 1.807) is 0 Å². The molecule has 1 aliphatic rings. The van der Waals surface area contributed by atoms with Crippen molar-refractivity contribution in [3.05, 3.63) is 11.8 Å². The van der Waals surface area contributed by atoms with Crippen molar-refractivity contribution in [3.63, 3.8) is 0 Å². The first-order chi connectivity index (χ1) is 8.25. The Hall–Kier alpha value is -1.43. The Kier molecular flexibility index (Phi) is 4.08. The third-order valence-electron chi connectivity index (χ3n) is 2.89. The van der Waals surface area contributed by atoms with Crippen LogP contribution in [0, 0.1) is 0 Å². The molecular formula is C11H16N2O4. The van der Waals surface area contributed by atoms with E-state index >= 15 is 0 Å². The van der Waals surface area contributed by atoms with Crippen molar-refractivity contribution < 1.29 is 19.1 Å². The lowest BCUT2D eigenvalue weighted by molar-refractivity contribution is -0.142. The minimum absolute atomic E-state index is 0.0615. The van der Waals surface area contributed by atoms with E-state index in [1.807, 2.05) is 0 Å². The van der Waals surface area contributed by atoms with Crippen LogP contribution in [0.1, 0.15) is 49.8 Å². The molecule has 1 heterocycles. The quantitative estimate of drug-likeness (QED) is 0.843. The maximum atomic E-state index is 10.3. The van der Waals surface area contributed by atoms with Crippen molar-refractivity contribution in [2.75, 3.05) is 6.61 Å². The summed E-state index contributed by atoms with van der Waals surface area (Å²) < 4.78 is 10.4. The van der Waals surface area contributed by atoms with Gasteiger partial charge in [0, 0.05) is 5.92 Å². The lowest BCUT2D eigenvalue weighted by atomic mass is 9.89. The van der Waals surface area contributed by atoms with E-state index < -0.39 is 5.97 Å². The van der Waals surface area contributed by atoms with Crippen molar-refractivity contribution in [1.82, 2.24) is 10.2 Å². The highest BCUT2D eigenvalue weighted by Crippen LogP contribution is 2.31. The van der Waals surface area contributed by atoms with Gasteiger partial charge in [-0.05, 0) is 12.8 Å². The molecule has 0 bridgehead atoms. The second kappa shape index (κ2) is 5.77. The number of carboxylic acids is 1. The smallest absolute Gasteiger partial charge is 0.329 e. The van der Waals surface area contributed by atoms with E-state index in [4.69, 9.17) is 14.3 Å². The van der Waals surface area contributed by atoms with E-state index in [0.29, 0.717) is 17.7 Å². The lowest BCUT2D eigenvalue weighted by Crippen LogP contribution is -2.06. The summed E-state index contributed by atoms with van der Waals surface area (Å²) in [4.78, 5) is 10.3. The zero-order valence-corrected chi connectivity index (χ0v) is 9.59. The van der Waals surface area contributed by atoms with Gasteiger partial charge in [-0.2, -0.15) is 0 Å². The molecule has 1 aromatic heterocycles. The SMILES string of the molecule is O=C(O)COCc1nnc(C2CCCCC2)o1. The molecule has 1 aliphatic carbocycles. The van der Waals surface area contributed by atoms with Crippen molar-refractivity contribution in [1.29, 1.82) is 0 Å². The molecule has 0 aromatic carbocycles. The number of ether oxygens (including phenoxy) is 1. The molecule has 0 saturated heterocycles. The first-order valence-corrected chi connectivity index (χ1v) is 5.87. The van der Waals surface area contributed by atoms with Gasteiger partial charge < -0.3 is 14.3 Å². The Morgan fingerprint density at radius 2 is 2.12 bits per heavy atom. The average Bonchev–Trinajstić information content (AvgIpc) is 2.78. The van der Waals surface area contributed by atoms with E-state index in [1.165, 1.54) is 19.3 Å². The van der Waals surface area contributed by atoms with Crippen LogP contribution in [0.2, 0.25) is 0 Å². The molecule has 6 nitrogen and oxygen atoms in total. The van der Waals surface area contributed by atoms with Gasteiger partial charge in [-0.25, -0.2) is 4.79 Å². The first kappa shape index (κ1) is 12.0. The third kappa shape index (κ3) is 3.52. The minimum Gasteiger partial charge on any atom is -0.480 e. The molecule has 2 rings (SSSR count). The fraction of sp³-hybridized carbons (Fsp3) is 0.727. The monoisotopic (exact) mass is 240 g/mol. The second-order valence-corrected chi connectivity index (χ2v) is 4.26. The molecule has 0 atom stereocenters. The molecule has 1 saturated carbocycles. The Labute approximate surface area is 99.0 Å². The summed E-state index contributed by atoms with van der Waals surface area (Å²) in [5.74, 6) is 0.381. The number of aliphatic carboxylic acids is 1. The third-order valence-corrected chi connectivity index (χ3v) is 2.89. The number of rotatable bonds is 5.